The van der Waals surface area contributed by atoms with Crippen molar-refractivity contribution >= 4 is 29.8 Å². The van der Waals surface area contributed by atoms with Crippen LogP contribution in [0.5, 0.6) is 0 Å². The Morgan fingerprint density at radius 2 is 1.69 bits per heavy atom. The molecule has 1 heterocycles. The molecular weight excluding hydrogens is 472 g/mol. The van der Waals surface area contributed by atoms with E-state index in [-0.39, 0.29) is 17.4 Å². The Morgan fingerprint density at radius 3 is 2.25 bits per heavy atom. The summed E-state index contributed by atoms with van der Waals surface area (Å²) in [6.45, 7) is 16.2. The van der Waals surface area contributed by atoms with Gasteiger partial charge in [-0.2, -0.15) is 0 Å². The highest BCUT2D eigenvalue weighted by Gasteiger charge is 2.57. The van der Waals surface area contributed by atoms with Gasteiger partial charge in [0.05, 0.1) is 5.92 Å². The molecule has 2 fully saturated rings. The van der Waals surface area contributed by atoms with E-state index in [1.165, 1.54) is 20.8 Å². The standard InChI is InChI=1S/C26H32O10/c1-11-9-20(34-25(31)26(8,36-17(7)29)14(4)32-15(5)27)22-13(3)24(30)35-23(22)21-12(2)19(10-18(11)21)33-16(6)28/h9,14,18-23H,2-3,10H2,1,4-8H3/t14-,18-,19-,20-,21-,22+,23+,26-/m0/s1. The number of allylic oxidation sites excluding steroid dienone is 1. The summed E-state index contributed by atoms with van der Waals surface area (Å²) in [4.78, 5) is 60.9. The molecule has 196 valence electrons. The van der Waals surface area contributed by atoms with Crippen molar-refractivity contribution < 1.29 is 47.7 Å². The maximum Gasteiger partial charge on any atom is 0.354 e. The number of ether oxygens (including phenoxy) is 5. The molecule has 0 amide bonds. The van der Waals surface area contributed by atoms with E-state index in [1.54, 1.807) is 6.08 Å². The Bertz CT molecular complexity index is 1050. The predicted molar refractivity (Wildman–Crippen MR) is 124 cm³/mol. The van der Waals surface area contributed by atoms with Gasteiger partial charge < -0.3 is 23.7 Å². The summed E-state index contributed by atoms with van der Waals surface area (Å²) in [5.41, 5.74) is -0.394. The summed E-state index contributed by atoms with van der Waals surface area (Å²) in [6.07, 6.45) is -1.31. The van der Waals surface area contributed by atoms with E-state index in [4.69, 9.17) is 23.7 Å². The molecule has 10 heteroatoms. The molecule has 0 aromatic rings. The Hall–Kier alpha value is -3.43. The van der Waals surface area contributed by atoms with Crippen molar-refractivity contribution in [3.63, 3.8) is 0 Å². The zero-order valence-corrected chi connectivity index (χ0v) is 21.3. The summed E-state index contributed by atoms with van der Waals surface area (Å²) < 4.78 is 27.4. The van der Waals surface area contributed by atoms with Crippen LogP contribution < -0.4 is 0 Å². The fourth-order valence-electron chi connectivity index (χ4n) is 5.31. The third kappa shape index (κ3) is 4.94. The van der Waals surface area contributed by atoms with E-state index in [1.807, 2.05) is 6.92 Å². The molecule has 3 rings (SSSR count). The Labute approximate surface area is 209 Å². The number of carbonyl (C=O) groups excluding carboxylic acids is 5. The summed E-state index contributed by atoms with van der Waals surface area (Å²) >= 11 is 0. The van der Waals surface area contributed by atoms with Gasteiger partial charge in [-0.3, -0.25) is 14.4 Å². The van der Waals surface area contributed by atoms with E-state index < -0.39 is 65.8 Å². The van der Waals surface area contributed by atoms with Gasteiger partial charge in [0.25, 0.3) is 0 Å². The van der Waals surface area contributed by atoms with Crippen LogP contribution in [0, 0.1) is 17.8 Å². The molecule has 0 N–H and O–H groups in total. The molecule has 10 nitrogen and oxygen atoms in total. The lowest BCUT2D eigenvalue weighted by Crippen LogP contribution is -2.53. The van der Waals surface area contributed by atoms with Gasteiger partial charge in [0.1, 0.15) is 24.4 Å². The zero-order chi connectivity index (χ0) is 27.1. The molecule has 1 saturated heterocycles. The molecule has 0 radical (unpaired) electrons. The van der Waals surface area contributed by atoms with Gasteiger partial charge in [-0.05, 0) is 44.8 Å². The van der Waals surface area contributed by atoms with Crippen LogP contribution in [-0.2, 0) is 47.7 Å². The second kappa shape index (κ2) is 9.91. The van der Waals surface area contributed by atoms with Crippen LogP contribution >= 0.6 is 0 Å². The zero-order valence-electron chi connectivity index (χ0n) is 21.3. The number of fused-ring (bicyclic) bond motifs is 3. The largest absolute Gasteiger partial charge is 0.458 e. The van der Waals surface area contributed by atoms with Crippen LogP contribution in [0.1, 0.15) is 48.0 Å². The Balaban J connectivity index is 1.98. The van der Waals surface area contributed by atoms with Crippen molar-refractivity contribution in [3.8, 4) is 0 Å². The van der Waals surface area contributed by atoms with Gasteiger partial charge in [-0.25, -0.2) is 9.59 Å². The third-order valence-electron chi connectivity index (χ3n) is 7.16. The number of hydrogen-bond acceptors (Lipinski definition) is 10. The van der Waals surface area contributed by atoms with Crippen LogP contribution in [0.25, 0.3) is 0 Å². The molecule has 2 aliphatic carbocycles. The molecule has 1 aliphatic heterocycles. The predicted octanol–water partition coefficient (Wildman–Crippen LogP) is 2.35. The molecule has 0 aromatic heterocycles. The molecule has 36 heavy (non-hydrogen) atoms. The second-order valence-electron chi connectivity index (χ2n) is 9.69. The molecule has 8 atom stereocenters. The van der Waals surface area contributed by atoms with E-state index >= 15 is 0 Å². The number of esters is 5. The fraction of sp³-hybridized carbons (Fsp3) is 0.577. The minimum Gasteiger partial charge on any atom is -0.458 e. The topological polar surface area (TPSA) is 132 Å². The highest BCUT2D eigenvalue weighted by molar-refractivity contribution is 5.91. The van der Waals surface area contributed by atoms with Crippen molar-refractivity contribution in [1.29, 1.82) is 0 Å². The number of hydrogen-bond donors (Lipinski definition) is 0. The minimum absolute atomic E-state index is 0.119. The van der Waals surface area contributed by atoms with Gasteiger partial charge in [0, 0.05) is 32.3 Å². The number of rotatable bonds is 6. The van der Waals surface area contributed by atoms with Crippen molar-refractivity contribution in [1.82, 2.24) is 0 Å². The molecule has 3 aliphatic rings. The molecule has 0 spiro atoms. The normalized spacial score (nSPS) is 31.5. The average Bonchev–Trinajstić information content (AvgIpc) is 3.18. The van der Waals surface area contributed by atoms with Crippen molar-refractivity contribution in [2.75, 3.05) is 0 Å². The minimum atomic E-state index is -1.95. The van der Waals surface area contributed by atoms with E-state index in [0.717, 1.165) is 19.4 Å². The highest BCUT2D eigenvalue weighted by Crippen LogP contribution is 2.52. The Morgan fingerprint density at radius 1 is 1.06 bits per heavy atom. The molecular formula is C26H32O10. The molecule has 0 aromatic carbocycles. The summed E-state index contributed by atoms with van der Waals surface area (Å²) in [7, 11) is 0. The fourth-order valence-corrected chi connectivity index (χ4v) is 5.31. The summed E-state index contributed by atoms with van der Waals surface area (Å²) in [5, 5.41) is 0. The van der Waals surface area contributed by atoms with Crippen molar-refractivity contribution in [2.45, 2.75) is 78.0 Å². The smallest absolute Gasteiger partial charge is 0.354 e. The SMILES string of the molecule is C=C1C(=O)O[C@@H]2[C@H]3C(=C)[C@@H](OC(C)=O)C[C@H]3C(C)=C[C@H](OC(=O)[C@@](C)(OC(C)=O)[C@H](C)OC(C)=O)[C@@H]12. The van der Waals surface area contributed by atoms with Crippen LogP contribution in [0.2, 0.25) is 0 Å². The van der Waals surface area contributed by atoms with Crippen LogP contribution in [0.15, 0.2) is 36.0 Å². The average molecular weight is 505 g/mol. The molecule has 0 unspecified atom stereocenters. The molecule has 0 bridgehead atoms. The third-order valence-corrected chi connectivity index (χ3v) is 7.16. The highest BCUT2D eigenvalue weighted by atomic mass is 16.6. The van der Waals surface area contributed by atoms with Crippen molar-refractivity contribution in [3.05, 3.63) is 36.0 Å². The lowest BCUT2D eigenvalue weighted by atomic mass is 9.80. The van der Waals surface area contributed by atoms with E-state index in [9.17, 15) is 24.0 Å². The lowest BCUT2D eigenvalue weighted by Gasteiger charge is -2.34. The maximum absolute atomic E-state index is 13.4. The first kappa shape index (κ1) is 27.2. The van der Waals surface area contributed by atoms with Gasteiger partial charge in [-0.15, -0.1) is 0 Å². The van der Waals surface area contributed by atoms with E-state index in [0.29, 0.717) is 12.0 Å². The van der Waals surface area contributed by atoms with Crippen LogP contribution in [0.4, 0.5) is 0 Å². The quantitative estimate of drug-likeness (QED) is 0.230. The number of carbonyl (C=O) groups is 5. The molecule has 1 saturated carbocycles. The first-order valence-corrected chi connectivity index (χ1v) is 11.7. The monoisotopic (exact) mass is 504 g/mol. The lowest BCUT2D eigenvalue weighted by molar-refractivity contribution is -0.200. The van der Waals surface area contributed by atoms with Gasteiger partial charge in [-0.1, -0.05) is 18.7 Å². The summed E-state index contributed by atoms with van der Waals surface area (Å²) in [5.74, 6) is -4.81. The second-order valence-corrected chi connectivity index (χ2v) is 9.69. The van der Waals surface area contributed by atoms with Gasteiger partial charge in [0.2, 0.25) is 5.60 Å². The van der Waals surface area contributed by atoms with Crippen molar-refractivity contribution in [2.24, 2.45) is 17.8 Å². The Kier molecular flexibility index (Phi) is 7.48. The van der Waals surface area contributed by atoms with Gasteiger partial charge in [0.15, 0.2) is 0 Å². The van der Waals surface area contributed by atoms with Gasteiger partial charge >= 0.3 is 29.8 Å². The maximum atomic E-state index is 13.4. The first-order chi connectivity index (χ1) is 16.7. The van der Waals surface area contributed by atoms with Crippen LogP contribution in [0.3, 0.4) is 0 Å². The van der Waals surface area contributed by atoms with Crippen LogP contribution in [-0.4, -0.2) is 59.9 Å². The van der Waals surface area contributed by atoms with E-state index in [2.05, 4.69) is 13.2 Å². The first-order valence-electron chi connectivity index (χ1n) is 11.7. The summed E-state index contributed by atoms with van der Waals surface area (Å²) in [6, 6.07) is 0.